The Labute approximate surface area is 124 Å². The maximum absolute atomic E-state index is 12.1. The Morgan fingerprint density at radius 3 is 2.75 bits per heavy atom. The van der Waals surface area contributed by atoms with Crippen LogP contribution in [-0.4, -0.2) is 20.7 Å². The largest absolute Gasteiger partial charge is 0.383 e. The Bertz CT molecular complexity index is 776. The van der Waals surface area contributed by atoms with Crippen molar-refractivity contribution in [3.63, 3.8) is 0 Å². The van der Waals surface area contributed by atoms with Gasteiger partial charge in [-0.1, -0.05) is 15.9 Å². The minimum Gasteiger partial charge on any atom is -0.383 e. The van der Waals surface area contributed by atoms with Gasteiger partial charge < -0.3 is 9.88 Å². The number of anilines is 1. The summed E-state index contributed by atoms with van der Waals surface area (Å²) < 4.78 is 4.31. The van der Waals surface area contributed by atoms with Gasteiger partial charge in [0, 0.05) is 35.6 Å². The van der Waals surface area contributed by atoms with E-state index in [9.17, 15) is 4.79 Å². The average Bonchev–Trinajstić information content (AvgIpc) is 2.93. The van der Waals surface area contributed by atoms with Gasteiger partial charge in [0.25, 0.3) is 5.56 Å². The van der Waals surface area contributed by atoms with Crippen LogP contribution in [0, 0.1) is 0 Å². The highest BCUT2D eigenvalue weighted by Gasteiger charge is 2.02. The second-order valence-electron chi connectivity index (χ2n) is 4.39. The summed E-state index contributed by atoms with van der Waals surface area (Å²) in [5, 5.41) is 7.33. The van der Waals surface area contributed by atoms with Crippen LogP contribution in [-0.2, 0) is 6.54 Å². The van der Waals surface area contributed by atoms with Crippen molar-refractivity contribution in [2.24, 2.45) is 0 Å². The molecule has 3 rings (SSSR count). The number of hydrogen-bond donors (Lipinski definition) is 1. The smallest absolute Gasteiger partial charge is 0.276 e. The lowest BCUT2D eigenvalue weighted by molar-refractivity contribution is 0.688. The summed E-state index contributed by atoms with van der Waals surface area (Å²) in [5.74, 6) is 0. The third-order valence-corrected chi connectivity index (χ3v) is 3.59. The van der Waals surface area contributed by atoms with Crippen molar-refractivity contribution >= 4 is 27.1 Å². The molecule has 0 amide bonds. The van der Waals surface area contributed by atoms with E-state index in [2.05, 4.69) is 26.3 Å². The molecular weight excluding hydrogens is 320 g/mol. The Morgan fingerprint density at radius 2 is 1.95 bits per heavy atom. The van der Waals surface area contributed by atoms with Gasteiger partial charge in [0.15, 0.2) is 0 Å². The minimum absolute atomic E-state index is 0.0254. The number of halogens is 1. The molecule has 0 aliphatic heterocycles. The first-order valence-corrected chi connectivity index (χ1v) is 7.05. The number of hydrogen-bond acceptors (Lipinski definition) is 3. The third kappa shape index (κ3) is 2.60. The predicted octanol–water partition coefficient (Wildman–Crippen LogP) is 2.37. The maximum atomic E-state index is 12.1. The van der Waals surface area contributed by atoms with Gasteiger partial charge in [0.2, 0.25) is 0 Å². The summed E-state index contributed by atoms with van der Waals surface area (Å²) in [6, 6.07) is 9.67. The summed E-state index contributed by atoms with van der Waals surface area (Å²) >= 11 is 3.40. The first-order chi connectivity index (χ1) is 9.74. The van der Waals surface area contributed by atoms with Crippen molar-refractivity contribution in [2.45, 2.75) is 6.54 Å². The standard InChI is InChI=1S/C14H13BrN4O/c15-11-1-3-12(4-2-11)16-7-8-18-9-10-19-13(14(18)20)5-6-17-19/h1-6,9-10,16H,7-8H2. The Morgan fingerprint density at radius 1 is 1.15 bits per heavy atom. The van der Waals surface area contributed by atoms with Gasteiger partial charge >= 0.3 is 0 Å². The van der Waals surface area contributed by atoms with Crippen LogP contribution in [0.15, 0.2) is 58.2 Å². The van der Waals surface area contributed by atoms with Crippen LogP contribution in [0.25, 0.3) is 5.52 Å². The van der Waals surface area contributed by atoms with E-state index in [0.717, 1.165) is 10.2 Å². The van der Waals surface area contributed by atoms with Crippen LogP contribution < -0.4 is 10.9 Å². The van der Waals surface area contributed by atoms with E-state index in [-0.39, 0.29) is 5.56 Å². The Balaban J connectivity index is 1.69. The molecular formula is C14H13BrN4O. The fraction of sp³-hybridized carbons (Fsp3) is 0.143. The molecule has 0 aliphatic carbocycles. The van der Waals surface area contributed by atoms with Crippen LogP contribution in [0.5, 0.6) is 0 Å². The molecule has 0 spiro atoms. The number of nitrogens with one attached hydrogen (secondary N) is 1. The highest BCUT2D eigenvalue weighted by atomic mass is 79.9. The molecule has 5 nitrogen and oxygen atoms in total. The van der Waals surface area contributed by atoms with Crippen LogP contribution in [0.1, 0.15) is 0 Å². The molecule has 3 aromatic rings. The quantitative estimate of drug-likeness (QED) is 0.798. The van der Waals surface area contributed by atoms with Crippen molar-refractivity contribution in [1.82, 2.24) is 14.2 Å². The third-order valence-electron chi connectivity index (χ3n) is 3.06. The van der Waals surface area contributed by atoms with Gasteiger partial charge in [-0.05, 0) is 30.3 Å². The van der Waals surface area contributed by atoms with Crippen molar-refractivity contribution < 1.29 is 0 Å². The molecule has 2 heterocycles. The molecule has 102 valence electrons. The highest BCUT2D eigenvalue weighted by molar-refractivity contribution is 9.10. The second kappa shape index (κ2) is 5.50. The topological polar surface area (TPSA) is 51.3 Å². The van der Waals surface area contributed by atoms with E-state index < -0.39 is 0 Å². The van der Waals surface area contributed by atoms with Gasteiger partial charge in [-0.3, -0.25) is 4.79 Å². The molecule has 1 N–H and O–H groups in total. The molecule has 0 fully saturated rings. The fourth-order valence-electron chi connectivity index (χ4n) is 2.03. The van der Waals surface area contributed by atoms with E-state index in [1.54, 1.807) is 33.7 Å². The van der Waals surface area contributed by atoms with Gasteiger partial charge in [-0.25, -0.2) is 4.52 Å². The van der Waals surface area contributed by atoms with Crippen molar-refractivity contribution in [3.8, 4) is 0 Å². The molecule has 0 atom stereocenters. The van der Waals surface area contributed by atoms with E-state index >= 15 is 0 Å². The number of fused-ring (bicyclic) bond motifs is 1. The lowest BCUT2D eigenvalue weighted by atomic mass is 10.3. The summed E-state index contributed by atoms with van der Waals surface area (Å²) in [6.45, 7) is 1.29. The monoisotopic (exact) mass is 332 g/mol. The van der Waals surface area contributed by atoms with Crippen LogP contribution in [0.3, 0.4) is 0 Å². The maximum Gasteiger partial charge on any atom is 0.276 e. The zero-order valence-corrected chi connectivity index (χ0v) is 12.2. The average molecular weight is 333 g/mol. The summed E-state index contributed by atoms with van der Waals surface area (Å²) in [5.41, 5.74) is 1.60. The van der Waals surface area contributed by atoms with Gasteiger partial charge in [0.05, 0.1) is 6.20 Å². The molecule has 0 radical (unpaired) electrons. The van der Waals surface area contributed by atoms with Crippen molar-refractivity contribution in [2.75, 3.05) is 11.9 Å². The zero-order chi connectivity index (χ0) is 13.9. The van der Waals surface area contributed by atoms with Gasteiger partial charge in [-0.15, -0.1) is 0 Å². The Hall–Kier alpha value is -2.08. The highest BCUT2D eigenvalue weighted by Crippen LogP contribution is 2.13. The second-order valence-corrected chi connectivity index (χ2v) is 5.31. The van der Waals surface area contributed by atoms with E-state index in [1.807, 2.05) is 24.3 Å². The Kier molecular flexibility index (Phi) is 3.56. The lowest BCUT2D eigenvalue weighted by Crippen LogP contribution is -2.24. The van der Waals surface area contributed by atoms with Crippen LogP contribution >= 0.6 is 15.9 Å². The first kappa shape index (κ1) is 12.9. The summed E-state index contributed by atoms with van der Waals surface area (Å²) in [6.07, 6.45) is 5.17. The predicted molar refractivity (Wildman–Crippen MR) is 82.1 cm³/mol. The van der Waals surface area contributed by atoms with E-state index in [0.29, 0.717) is 18.6 Å². The zero-order valence-electron chi connectivity index (χ0n) is 10.7. The number of nitrogens with zero attached hydrogens (tertiary/aromatic N) is 3. The molecule has 0 saturated carbocycles. The molecule has 6 heteroatoms. The van der Waals surface area contributed by atoms with E-state index in [1.165, 1.54) is 0 Å². The number of aromatic nitrogens is 3. The lowest BCUT2D eigenvalue weighted by Gasteiger charge is -2.09. The van der Waals surface area contributed by atoms with Gasteiger partial charge in [-0.2, -0.15) is 5.10 Å². The molecule has 0 unspecified atom stereocenters. The van der Waals surface area contributed by atoms with Crippen LogP contribution in [0.2, 0.25) is 0 Å². The van der Waals surface area contributed by atoms with E-state index in [4.69, 9.17) is 0 Å². The minimum atomic E-state index is -0.0254. The molecule has 20 heavy (non-hydrogen) atoms. The number of rotatable bonds is 4. The molecule has 0 aliphatic rings. The molecule has 0 saturated heterocycles. The molecule has 1 aromatic carbocycles. The summed E-state index contributed by atoms with van der Waals surface area (Å²) in [4.78, 5) is 12.1. The van der Waals surface area contributed by atoms with Gasteiger partial charge in [0.1, 0.15) is 5.52 Å². The normalized spacial score (nSPS) is 10.8. The summed E-state index contributed by atoms with van der Waals surface area (Å²) in [7, 11) is 0. The van der Waals surface area contributed by atoms with Crippen molar-refractivity contribution in [1.29, 1.82) is 0 Å². The fourth-order valence-corrected chi connectivity index (χ4v) is 2.29. The van der Waals surface area contributed by atoms with Crippen molar-refractivity contribution in [3.05, 3.63) is 63.7 Å². The van der Waals surface area contributed by atoms with Crippen LogP contribution in [0.4, 0.5) is 5.69 Å². The number of benzene rings is 1. The molecule has 2 aromatic heterocycles. The molecule has 0 bridgehead atoms. The first-order valence-electron chi connectivity index (χ1n) is 6.26. The SMILES string of the molecule is O=c1c2ccnn2ccn1CCNc1ccc(Br)cc1.